The number of hydrogen-bond acceptors (Lipinski definition) is 8. The van der Waals surface area contributed by atoms with Gasteiger partial charge in [0, 0.05) is 6.54 Å². The fraction of sp³-hybridized carbons (Fsp3) is 1.00. The van der Waals surface area contributed by atoms with Crippen LogP contribution < -0.4 is 11.1 Å². The highest BCUT2D eigenvalue weighted by atomic mass is 16.6. The molecule has 1 aliphatic rings. The van der Waals surface area contributed by atoms with Crippen molar-refractivity contribution in [3.05, 3.63) is 0 Å². The van der Waals surface area contributed by atoms with E-state index in [0.29, 0.717) is 85.3 Å². The second-order valence-corrected chi connectivity index (χ2v) is 5.67. The smallest absolute Gasteiger partial charge is 0.0704 e. The monoisotopic (exact) mass is 364 g/mol. The topological polar surface area (TPSA) is 93.4 Å². The van der Waals surface area contributed by atoms with E-state index in [1.807, 2.05) is 0 Å². The van der Waals surface area contributed by atoms with Crippen LogP contribution in [-0.2, 0) is 28.4 Å². The van der Waals surface area contributed by atoms with Crippen molar-refractivity contribution in [1.82, 2.24) is 5.32 Å². The Morgan fingerprint density at radius 2 is 1.00 bits per heavy atom. The standard InChI is InChI=1S/C17H36N2O6/c18-3-6-20-7-8-21-9-10-22-11-12-23-13-14-24-15-16-25-17-1-4-19-5-2-17/h17,19H,1-16,18H2. The Bertz CT molecular complexity index is 268. The van der Waals surface area contributed by atoms with E-state index in [2.05, 4.69) is 5.32 Å². The first-order valence-corrected chi connectivity index (χ1v) is 9.34. The first-order valence-electron chi connectivity index (χ1n) is 9.34. The molecule has 1 aliphatic heterocycles. The van der Waals surface area contributed by atoms with Gasteiger partial charge in [-0.2, -0.15) is 0 Å². The summed E-state index contributed by atoms with van der Waals surface area (Å²) in [6.07, 6.45) is 2.58. The normalized spacial score (nSPS) is 15.7. The summed E-state index contributed by atoms with van der Waals surface area (Å²) in [5.41, 5.74) is 5.30. The maximum absolute atomic E-state index is 5.75. The number of rotatable bonds is 18. The Balaban J connectivity index is 1.65. The molecule has 0 aliphatic carbocycles. The number of ether oxygens (including phenoxy) is 6. The van der Waals surface area contributed by atoms with Crippen molar-refractivity contribution in [2.24, 2.45) is 5.73 Å². The molecule has 1 fully saturated rings. The Labute approximate surface area is 151 Å². The number of piperidine rings is 1. The largest absolute Gasteiger partial charge is 0.378 e. The lowest BCUT2D eigenvalue weighted by Gasteiger charge is -2.22. The van der Waals surface area contributed by atoms with Crippen LogP contribution in [0.25, 0.3) is 0 Å². The summed E-state index contributed by atoms with van der Waals surface area (Å²) in [7, 11) is 0. The van der Waals surface area contributed by atoms with Gasteiger partial charge in [-0.15, -0.1) is 0 Å². The van der Waals surface area contributed by atoms with Crippen molar-refractivity contribution in [3.63, 3.8) is 0 Å². The molecule has 8 heteroatoms. The van der Waals surface area contributed by atoms with Gasteiger partial charge in [-0.3, -0.25) is 0 Å². The van der Waals surface area contributed by atoms with Crippen molar-refractivity contribution in [3.8, 4) is 0 Å². The number of nitrogens with two attached hydrogens (primary N) is 1. The van der Waals surface area contributed by atoms with E-state index in [-0.39, 0.29) is 0 Å². The van der Waals surface area contributed by atoms with Crippen LogP contribution in [0, 0.1) is 0 Å². The van der Waals surface area contributed by atoms with Gasteiger partial charge in [-0.1, -0.05) is 0 Å². The van der Waals surface area contributed by atoms with E-state index in [1.54, 1.807) is 0 Å². The molecule has 0 unspecified atom stereocenters. The fourth-order valence-electron chi connectivity index (χ4n) is 2.30. The highest BCUT2D eigenvalue weighted by Gasteiger charge is 2.12. The molecule has 0 atom stereocenters. The average molecular weight is 364 g/mol. The molecule has 0 aromatic heterocycles. The van der Waals surface area contributed by atoms with Crippen molar-refractivity contribution in [1.29, 1.82) is 0 Å². The number of hydrogen-bond donors (Lipinski definition) is 2. The molecule has 1 saturated heterocycles. The summed E-state index contributed by atoms with van der Waals surface area (Å²) in [5, 5.41) is 3.32. The molecule has 0 bridgehead atoms. The lowest BCUT2D eigenvalue weighted by Crippen LogP contribution is -2.33. The minimum atomic E-state index is 0.390. The van der Waals surface area contributed by atoms with E-state index >= 15 is 0 Å². The van der Waals surface area contributed by atoms with Crippen molar-refractivity contribution in [2.45, 2.75) is 18.9 Å². The van der Waals surface area contributed by atoms with Gasteiger partial charge in [0.15, 0.2) is 0 Å². The fourth-order valence-corrected chi connectivity index (χ4v) is 2.30. The molecule has 0 aromatic rings. The summed E-state index contributed by atoms with van der Waals surface area (Å²) in [6, 6.07) is 0. The molecule has 25 heavy (non-hydrogen) atoms. The second-order valence-electron chi connectivity index (χ2n) is 5.67. The second kappa shape index (κ2) is 18.5. The molecule has 1 rings (SSSR count). The summed E-state index contributed by atoms with van der Waals surface area (Å²) in [4.78, 5) is 0. The molecule has 0 amide bonds. The van der Waals surface area contributed by atoms with Gasteiger partial charge in [-0.25, -0.2) is 0 Å². The number of nitrogens with one attached hydrogen (secondary N) is 1. The molecule has 8 nitrogen and oxygen atoms in total. The summed E-state index contributed by atoms with van der Waals surface area (Å²) in [5.74, 6) is 0. The van der Waals surface area contributed by atoms with Crippen LogP contribution in [0.5, 0.6) is 0 Å². The summed E-state index contributed by atoms with van der Waals surface area (Å²) >= 11 is 0. The van der Waals surface area contributed by atoms with Crippen LogP contribution in [0.15, 0.2) is 0 Å². The van der Waals surface area contributed by atoms with Crippen molar-refractivity contribution >= 4 is 0 Å². The van der Waals surface area contributed by atoms with E-state index in [9.17, 15) is 0 Å². The van der Waals surface area contributed by atoms with Crippen molar-refractivity contribution < 1.29 is 28.4 Å². The molecule has 1 heterocycles. The van der Waals surface area contributed by atoms with Crippen LogP contribution in [0.4, 0.5) is 0 Å². The minimum Gasteiger partial charge on any atom is -0.378 e. The van der Waals surface area contributed by atoms with E-state index < -0.39 is 0 Å². The SMILES string of the molecule is NCCOCCOCCOCCOCCOCCOC1CCNCC1. The van der Waals surface area contributed by atoms with Gasteiger partial charge in [0.05, 0.1) is 78.8 Å². The lowest BCUT2D eigenvalue weighted by molar-refractivity contribution is -0.0295. The molecular weight excluding hydrogens is 328 g/mol. The third-order valence-electron chi connectivity index (χ3n) is 3.62. The van der Waals surface area contributed by atoms with Crippen LogP contribution in [0.1, 0.15) is 12.8 Å². The molecular formula is C17H36N2O6. The highest BCUT2D eigenvalue weighted by Crippen LogP contribution is 2.06. The molecule has 0 spiro atoms. The first-order chi connectivity index (χ1) is 12.4. The first kappa shape index (κ1) is 22.7. The Morgan fingerprint density at radius 3 is 1.44 bits per heavy atom. The van der Waals surface area contributed by atoms with E-state index in [0.717, 1.165) is 25.9 Å². The van der Waals surface area contributed by atoms with Crippen LogP contribution in [0.3, 0.4) is 0 Å². The maximum Gasteiger partial charge on any atom is 0.0704 e. The zero-order chi connectivity index (χ0) is 17.8. The molecule has 150 valence electrons. The van der Waals surface area contributed by atoms with E-state index in [1.165, 1.54) is 0 Å². The third kappa shape index (κ3) is 15.6. The quantitative estimate of drug-likeness (QED) is 0.323. The predicted molar refractivity (Wildman–Crippen MR) is 95.0 cm³/mol. The molecule has 3 N–H and O–H groups in total. The predicted octanol–water partition coefficient (Wildman–Crippen LogP) is -0.203. The highest BCUT2D eigenvalue weighted by molar-refractivity contribution is 4.67. The van der Waals surface area contributed by atoms with Crippen molar-refractivity contribution in [2.75, 3.05) is 92.3 Å². The van der Waals surface area contributed by atoms with Gasteiger partial charge < -0.3 is 39.5 Å². The van der Waals surface area contributed by atoms with Crippen LogP contribution in [-0.4, -0.2) is 98.4 Å². The third-order valence-corrected chi connectivity index (χ3v) is 3.62. The average Bonchev–Trinajstić information content (AvgIpc) is 2.65. The Kier molecular flexibility index (Phi) is 16.8. The van der Waals surface area contributed by atoms with Crippen LogP contribution in [0.2, 0.25) is 0 Å². The molecule has 0 aromatic carbocycles. The van der Waals surface area contributed by atoms with Gasteiger partial charge in [0.25, 0.3) is 0 Å². The Hall–Kier alpha value is -0.320. The zero-order valence-electron chi connectivity index (χ0n) is 15.4. The lowest BCUT2D eigenvalue weighted by atomic mass is 10.1. The minimum absolute atomic E-state index is 0.390. The van der Waals surface area contributed by atoms with Gasteiger partial charge in [0.2, 0.25) is 0 Å². The molecule has 0 radical (unpaired) electrons. The van der Waals surface area contributed by atoms with Crippen LogP contribution >= 0.6 is 0 Å². The Morgan fingerprint density at radius 1 is 0.600 bits per heavy atom. The summed E-state index contributed by atoms with van der Waals surface area (Å²) < 4.78 is 32.6. The van der Waals surface area contributed by atoms with E-state index in [4.69, 9.17) is 34.2 Å². The summed E-state index contributed by atoms with van der Waals surface area (Å²) in [6.45, 7) is 9.05. The van der Waals surface area contributed by atoms with Gasteiger partial charge >= 0.3 is 0 Å². The van der Waals surface area contributed by atoms with Gasteiger partial charge in [0.1, 0.15) is 0 Å². The van der Waals surface area contributed by atoms with Gasteiger partial charge in [-0.05, 0) is 25.9 Å². The zero-order valence-corrected chi connectivity index (χ0v) is 15.4. The molecule has 0 saturated carbocycles. The maximum atomic E-state index is 5.75.